The Morgan fingerprint density at radius 2 is 1.74 bits per heavy atom. The van der Waals surface area contributed by atoms with E-state index in [1.807, 2.05) is 86.8 Å². The van der Waals surface area contributed by atoms with E-state index < -0.39 is 0 Å². The maximum Gasteiger partial charge on any atom is 0.161 e. The Morgan fingerprint density at radius 1 is 0.926 bits per heavy atom. The normalized spacial score (nSPS) is 10.9. The lowest BCUT2D eigenvalue weighted by atomic mass is 10.2. The lowest BCUT2D eigenvalue weighted by molar-refractivity contribution is 0.269. The van der Waals surface area contributed by atoms with E-state index in [1.165, 1.54) is 0 Å². The van der Waals surface area contributed by atoms with Crippen molar-refractivity contribution in [2.24, 2.45) is 4.99 Å². The minimum atomic E-state index is 0.496. The van der Waals surface area contributed by atoms with E-state index in [4.69, 9.17) is 21.1 Å². The second-order valence-corrected chi connectivity index (χ2v) is 6.46. The Labute approximate surface area is 165 Å². The van der Waals surface area contributed by atoms with Crippen molar-refractivity contribution in [3.8, 4) is 11.5 Å². The van der Waals surface area contributed by atoms with Gasteiger partial charge in [0.15, 0.2) is 11.5 Å². The molecular formula is C23H22ClNO2. The molecule has 3 aromatic rings. The summed E-state index contributed by atoms with van der Waals surface area (Å²) in [6.07, 6.45) is 1.81. The molecule has 3 aromatic carbocycles. The van der Waals surface area contributed by atoms with Gasteiger partial charge in [0.25, 0.3) is 0 Å². The van der Waals surface area contributed by atoms with Crippen LogP contribution < -0.4 is 9.47 Å². The summed E-state index contributed by atoms with van der Waals surface area (Å²) >= 11 is 6.16. The summed E-state index contributed by atoms with van der Waals surface area (Å²) in [5.74, 6) is 1.43. The third-order valence-corrected chi connectivity index (χ3v) is 4.51. The Bertz CT molecular complexity index is 923. The lowest BCUT2D eigenvalue weighted by Crippen LogP contribution is -2.00. The van der Waals surface area contributed by atoms with Crippen LogP contribution in [0.15, 0.2) is 71.7 Å². The molecular weight excluding hydrogens is 358 g/mol. The van der Waals surface area contributed by atoms with Crippen LogP contribution in [0.5, 0.6) is 11.5 Å². The van der Waals surface area contributed by atoms with Gasteiger partial charge in [-0.3, -0.25) is 4.99 Å². The Hall–Kier alpha value is -2.78. The lowest BCUT2D eigenvalue weighted by Gasteiger charge is -2.12. The zero-order valence-electron chi connectivity index (χ0n) is 15.5. The smallest absolute Gasteiger partial charge is 0.161 e. The third kappa shape index (κ3) is 5.11. The van der Waals surface area contributed by atoms with Crippen LogP contribution in [0.2, 0.25) is 5.02 Å². The Kier molecular flexibility index (Phi) is 6.50. The van der Waals surface area contributed by atoms with Gasteiger partial charge in [-0.05, 0) is 60.9 Å². The van der Waals surface area contributed by atoms with Crippen LogP contribution in [0.25, 0.3) is 0 Å². The standard InChI is InChI=1S/C23H22ClNO2/c1-3-26-23-14-19(15-25-21-11-7-10-20(24)17(21)2)12-13-22(23)27-16-18-8-5-4-6-9-18/h4-15H,3,16H2,1-2H3. The maximum atomic E-state index is 6.16. The summed E-state index contributed by atoms with van der Waals surface area (Å²) < 4.78 is 11.7. The van der Waals surface area contributed by atoms with Crippen LogP contribution in [0.1, 0.15) is 23.6 Å². The van der Waals surface area contributed by atoms with Crippen LogP contribution in [0, 0.1) is 6.92 Å². The van der Waals surface area contributed by atoms with Crippen LogP contribution in [-0.4, -0.2) is 12.8 Å². The largest absolute Gasteiger partial charge is 0.490 e. The Morgan fingerprint density at radius 3 is 2.52 bits per heavy atom. The van der Waals surface area contributed by atoms with Crippen molar-refractivity contribution in [2.45, 2.75) is 20.5 Å². The summed E-state index contributed by atoms with van der Waals surface area (Å²) in [5, 5.41) is 0.712. The quantitative estimate of drug-likeness (QED) is 0.446. The Balaban J connectivity index is 1.78. The van der Waals surface area contributed by atoms with Gasteiger partial charge in [0.1, 0.15) is 6.61 Å². The molecule has 0 spiro atoms. The molecule has 0 heterocycles. The highest BCUT2D eigenvalue weighted by Crippen LogP contribution is 2.30. The fraction of sp³-hybridized carbons (Fsp3) is 0.174. The average Bonchev–Trinajstić information content (AvgIpc) is 2.69. The number of hydrogen-bond donors (Lipinski definition) is 0. The van der Waals surface area contributed by atoms with E-state index in [9.17, 15) is 0 Å². The number of benzene rings is 3. The van der Waals surface area contributed by atoms with Gasteiger partial charge in [0, 0.05) is 11.2 Å². The molecule has 0 saturated heterocycles. The zero-order valence-corrected chi connectivity index (χ0v) is 16.2. The minimum absolute atomic E-state index is 0.496. The molecule has 0 aliphatic carbocycles. The molecule has 3 nitrogen and oxygen atoms in total. The predicted molar refractivity (Wildman–Crippen MR) is 112 cm³/mol. The van der Waals surface area contributed by atoms with Gasteiger partial charge in [0.05, 0.1) is 12.3 Å². The van der Waals surface area contributed by atoms with Crippen molar-refractivity contribution in [3.05, 3.63) is 88.4 Å². The number of ether oxygens (including phenoxy) is 2. The van der Waals surface area contributed by atoms with E-state index in [1.54, 1.807) is 0 Å². The summed E-state index contributed by atoms with van der Waals surface area (Å²) in [6.45, 7) is 4.98. The van der Waals surface area contributed by atoms with Crippen molar-refractivity contribution >= 4 is 23.5 Å². The van der Waals surface area contributed by atoms with E-state index in [-0.39, 0.29) is 0 Å². The van der Waals surface area contributed by atoms with Gasteiger partial charge >= 0.3 is 0 Å². The van der Waals surface area contributed by atoms with Gasteiger partial charge in [-0.2, -0.15) is 0 Å². The number of hydrogen-bond acceptors (Lipinski definition) is 3. The van der Waals surface area contributed by atoms with Crippen molar-refractivity contribution in [2.75, 3.05) is 6.61 Å². The highest BCUT2D eigenvalue weighted by Gasteiger charge is 2.07. The molecule has 0 aliphatic heterocycles. The highest BCUT2D eigenvalue weighted by molar-refractivity contribution is 6.31. The van der Waals surface area contributed by atoms with Gasteiger partial charge in [0.2, 0.25) is 0 Å². The monoisotopic (exact) mass is 379 g/mol. The molecule has 27 heavy (non-hydrogen) atoms. The number of halogens is 1. The summed E-state index contributed by atoms with van der Waals surface area (Å²) in [6, 6.07) is 21.6. The van der Waals surface area contributed by atoms with Crippen LogP contribution in [0.4, 0.5) is 5.69 Å². The molecule has 0 fully saturated rings. The van der Waals surface area contributed by atoms with Crippen LogP contribution >= 0.6 is 11.6 Å². The van der Waals surface area contributed by atoms with Crippen molar-refractivity contribution in [3.63, 3.8) is 0 Å². The summed E-state index contributed by atoms with van der Waals surface area (Å²) in [5.41, 5.74) is 3.86. The molecule has 138 valence electrons. The van der Waals surface area contributed by atoms with Gasteiger partial charge in [-0.25, -0.2) is 0 Å². The van der Waals surface area contributed by atoms with E-state index in [0.29, 0.717) is 24.0 Å². The zero-order chi connectivity index (χ0) is 19.1. The molecule has 0 aliphatic rings. The van der Waals surface area contributed by atoms with E-state index >= 15 is 0 Å². The molecule has 0 saturated carbocycles. The molecule has 4 heteroatoms. The fourth-order valence-corrected chi connectivity index (χ4v) is 2.78. The third-order valence-electron chi connectivity index (χ3n) is 4.10. The fourth-order valence-electron chi connectivity index (χ4n) is 2.61. The summed E-state index contributed by atoms with van der Waals surface area (Å²) in [4.78, 5) is 4.56. The number of rotatable bonds is 7. The molecule has 0 aromatic heterocycles. The predicted octanol–water partition coefficient (Wildman–Crippen LogP) is 6.38. The van der Waals surface area contributed by atoms with Gasteiger partial charge in [-0.1, -0.05) is 48.0 Å². The molecule has 0 amide bonds. The second kappa shape index (κ2) is 9.24. The second-order valence-electron chi connectivity index (χ2n) is 6.06. The molecule has 0 N–H and O–H groups in total. The first-order valence-electron chi connectivity index (χ1n) is 8.90. The van der Waals surface area contributed by atoms with Gasteiger partial charge < -0.3 is 9.47 Å². The number of aliphatic imine (C=N–C) groups is 1. The SMILES string of the molecule is CCOc1cc(C=Nc2cccc(Cl)c2C)ccc1OCc1ccccc1. The molecule has 0 atom stereocenters. The van der Waals surface area contributed by atoms with Crippen LogP contribution in [-0.2, 0) is 6.61 Å². The summed E-state index contributed by atoms with van der Waals surface area (Å²) in [7, 11) is 0. The number of nitrogens with zero attached hydrogens (tertiary/aromatic N) is 1. The highest BCUT2D eigenvalue weighted by atomic mass is 35.5. The van der Waals surface area contributed by atoms with E-state index in [2.05, 4.69) is 4.99 Å². The maximum absolute atomic E-state index is 6.16. The van der Waals surface area contributed by atoms with Crippen molar-refractivity contribution < 1.29 is 9.47 Å². The minimum Gasteiger partial charge on any atom is -0.490 e. The van der Waals surface area contributed by atoms with Gasteiger partial charge in [-0.15, -0.1) is 0 Å². The van der Waals surface area contributed by atoms with Crippen LogP contribution in [0.3, 0.4) is 0 Å². The molecule has 0 radical (unpaired) electrons. The average molecular weight is 380 g/mol. The first-order chi connectivity index (χ1) is 13.2. The topological polar surface area (TPSA) is 30.8 Å². The molecule has 0 unspecified atom stereocenters. The first kappa shape index (κ1) is 19.0. The first-order valence-corrected chi connectivity index (χ1v) is 9.28. The molecule has 3 rings (SSSR count). The van der Waals surface area contributed by atoms with Crippen molar-refractivity contribution in [1.29, 1.82) is 0 Å². The van der Waals surface area contributed by atoms with E-state index in [0.717, 1.165) is 28.1 Å². The molecule has 0 bridgehead atoms. The van der Waals surface area contributed by atoms with Crippen molar-refractivity contribution in [1.82, 2.24) is 0 Å².